The van der Waals surface area contributed by atoms with Gasteiger partial charge in [0.25, 0.3) is 5.91 Å². The lowest BCUT2D eigenvalue weighted by atomic mass is 9.49. The first kappa shape index (κ1) is 29.3. The van der Waals surface area contributed by atoms with Crippen LogP contribution in [-0.2, 0) is 6.54 Å². The molecule has 0 radical (unpaired) electrons. The van der Waals surface area contributed by atoms with Gasteiger partial charge in [0.15, 0.2) is 11.5 Å². The average Bonchev–Trinajstić information content (AvgIpc) is 3.01. The van der Waals surface area contributed by atoms with Crippen LogP contribution >= 0.6 is 0 Å². The molecule has 1 aromatic heterocycles. The van der Waals surface area contributed by atoms with Crippen molar-refractivity contribution in [1.82, 2.24) is 20.0 Å². The summed E-state index contributed by atoms with van der Waals surface area (Å²) in [7, 11) is 1.96. The molecule has 4 bridgehead atoms. The summed E-state index contributed by atoms with van der Waals surface area (Å²) >= 11 is 0. The maximum absolute atomic E-state index is 13.3. The molecule has 4 aliphatic carbocycles. The highest BCUT2D eigenvalue weighted by atomic mass is 16.5. The van der Waals surface area contributed by atoms with Crippen LogP contribution in [0.3, 0.4) is 0 Å². The van der Waals surface area contributed by atoms with Crippen molar-refractivity contribution in [1.29, 1.82) is 0 Å². The Morgan fingerprint density at radius 3 is 2.30 bits per heavy atom. The Morgan fingerprint density at radius 2 is 1.66 bits per heavy atom. The van der Waals surface area contributed by atoms with E-state index in [0.29, 0.717) is 17.7 Å². The fourth-order valence-electron chi connectivity index (χ4n) is 9.32. The zero-order chi connectivity index (χ0) is 30.3. The lowest BCUT2D eigenvalue weighted by molar-refractivity contribution is -0.0629. The molecule has 5 fully saturated rings. The fourth-order valence-corrected chi connectivity index (χ4v) is 9.32. The summed E-state index contributed by atoms with van der Waals surface area (Å²) in [6, 6.07) is 19.0. The Bertz CT molecular complexity index is 1440. The molecular weight excluding hydrogens is 546 g/mol. The van der Waals surface area contributed by atoms with E-state index in [1.165, 1.54) is 60.8 Å². The van der Waals surface area contributed by atoms with Gasteiger partial charge in [-0.1, -0.05) is 30.3 Å². The molecule has 3 aromatic rings. The summed E-state index contributed by atoms with van der Waals surface area (Å²) in [5.74, 6) is 4.46. The van der Waals surface area contributed by atoms with Gasteiger partial charge in [0.2, 0.25) is 0 Å². The average molecular weight is 594 g/mol. The molecule has 5 aliphatic rings. The van der Waals surface area contributed by atoms with Crippen LogP contribution in [-0.4, -0.2) is 72.3 Å². The summed E-state index contributed by atoms with van der Waals surface area (Å²) in [5.41, 5.74) is 5.85. The van der Waals surface area contributed by atoms with Crippen molar-refractivity contribution >= 4 is 11.7 Å². The molecule has 4 saturated carbocycles. The first-order chi connectivity index (χ1) is 21.4. The molecule has 1 saturated heterocycles. The van der Waals surface area contributed by atoms with E-state index in [0.717, 1.165) is 68.6 Å². The van der Waals surface area contributed by atoms with Crippen molar-refractivity contribution < 1.29 is 9.53 Å². The predicted octanol–water partition coefficient (Wildman–Crippen LogP) is 6.46. The lowest BCUT2D eigenvalue weighted by Crippen LogP contribution is -2.51. The molecule has 0 unspecified atom stereocenters. The number of hydrogen-bond donors (Lipinski definition) is 0. The van der Waals surface area contributed by atoms with Crippen LogP contribution in [0.1, 0.15) is 67.1 Å². The zero-order valence-corrected chi connectivity index (χ0v) is 26.7. The summed E-state index contributed by atoms with van der Waals surface area (Å²) in [6.07, 6.45) is 8.20. The second-order valence-corrected chi connectivity index (χ2v) is 14.2. The number of carbonyl (C=O) groups is 1. The molecule has 0 atom stereocenters. The van der Waals surface area contributed by atoms with Gasteiger partial charge in [-0.2, -0.15) is 0 Å². The van der Waals surface area contributed by atoms with E-state index in [9.17, 15) is 4.79 Å². The van der Waals surface area contributed by atoms with Gasteiger partial charge in [0.05, 0.1) is 6.61 Å². The molecule has 0 spiro atoms. The summed E-state index contributed by atoms with van der Waals surface area (Å²) in [6.45, 7) is 10.4. The molecule has 232 valence electrons. The van der Waals surface area contributed by atoms with Gasteiger partial charge in [0.1, 0.15) is 5.75 Å². The van der Waals surface area contributed by atoms with E-state index < -0.39 is 0 Å². The van der Waals surface area contributed by atoms with Gasteiger partial charge in [0, 0.05) is 46.3 Å². The SMILES string of the molecule is CCOc1cccc(-c2ccc(CN3CCN(c4ccc(C(=O)N(C)CC56CC7CC(CC(C7)C5)C6)nn4)CC3)cc2C)c1. The molecule has 2 heterocycles. The Balaban J connectivity index is 0.915. The van der Waals surface area contributed by atoms with Crippen molar-refractivity contribution in [2.45, 2.75) is 58.9 Å². The third-order valence-electron chi connectivity index (χ3n) is 10.8. The zero-order valence-electron chi connectivity index (χ0n) is 26.7. The number of aromatic nitrogens is 2. The first-order valence-corrected chi connectivity index (χ1v) is 16.8. The number of hydrogen-bond acceptors (Lipinski definition) is 6. The standard InChI is InChI=1S/C37H47N5O2/c1-4-44-32-7-5-6-31(20-32)33-9-8-27(16-26(33)2)24-41-12-14-42(15-13-41)35-11-10-34(38-39-35)36(43)40(3)25-37-21-28-17-29(22-37)19-30(18-28)23-37/h5-11,16,20,28-30H,4,12-15,17-19,21-25H2,1-3H3. The largest absolute Gasteiger partial charge is 0.494 e. The maximum atomic E-state index is 13.3. The van der Waals surface area contributed by atoms with E-state index in [1.807, 2.05) is 37.1 Å². The Labute approximate surface area is 262 Å². The minimum Gasteiger partial charge on any atom is -0.494 e. The van der Waals surface area contributed by atoms with Gasteiger partial charge in [-0.25, -0.2) is 0 Å². The molecule has 44 heavy (non-hydrogen) atoms. The molecule has 0 N–H and O–H groups in total. The third-order valence-corrected chi connectivity index (χ3v) is 10.8. The Morgan fingerprint density at radius 1 is 0.932 bits per heavy atom. The minimum absolute atomic E-state index is 0.00734. The number of carbonyl (C=O) groups excluding carboxylic acids is 1. The number of nitrogens with zero attached hydrogens (tertiary/aromatic N) is 5. The van der Waals surface area contributed by atoms with Gasteiger partial charge in [-0.3, -0.25) is 9.69 Å². The summed E-state index contributed by atoms with van der Waals surface area (Å²) in [5, 5.41) is 8.92. The minimum atomic E-state index is 0.00734. The van der Waals surface area contributed by atoms with Crippen molar-refractivity contribution in [2.75, 3.05) is 51.3 Å². The second-order valence-electron chi connectivity index (χ2n) is 14.2. The third kappa shape index (κ3) is 6.08. The van der Waals surface area contributed by atoms with Gasteiger partial charge < -0.3 is 14.5 Å². The van der Waals surface area contributed by atoms with Gasteiger partial charge >= 0.3 is 0 Å². The number of aryl methyl sites for hydroxylation is 1. The molecule has 7 nitrogen and oxygen atoms in total. The highest BCUT2D eigenvalue weighted by molar-refractivity contribution is 5.92. The van der Waals surface area contributed by atoms with E-state index in [-0.39, 0.29) is 5.91 Å². The number of rotatable bonds is 9. The van der Waals surface area contributed by atoms with Crippen LogP contribution in [0.15, 0.2) is 54.6 Å². The van der Waals surface area contributed by atoms with Crippen molar-refractivity contribution in [3.8, 4) is 16.9 Å². The smallest absolute Gasteiger partial charge is 0.274 e. The van der Waals surface area contributed by atoms with E-state index >= 15 is 0 Å². The van der Waals surface area contributed by atoms with Crippen molar-refractivity contribution in [3.63, 3.8) is 0 Å². The first-order valence-electron chi connectivity index (χ1n) is 16.8. The highest BCUT2D eigenvalue weighted by Crippen LogP contribution is 2.60. The summed E-state index contributed by atoms with van der Waals surface area (Å²) < 4.78 is 5.70. The normalized spacial score (nSPS) is 26.2. The van der Waals surface area contributed by atoms with Crippen LogP contribution in [0.4, 0.5) is 5.82 Å². The van der Waals surface area contributed by atoms with Crippen molar-refractivity contribution in [2.24, 2.45) is 23.2 Å². The van der Waals surface area contributed by atoms with Crippen molar-refractivity contribution in [3.05, 3.63) is 71.4 Å². The topological polar surface area (TPSA) is 61.8 Å². The molecule has 1 aliphatic heterocycles. The van der Waals surface area contributed by atoms with Crippen LogP contribution in [0.2, 0.25) is 0 Å². The highest BCUT2D eigenvalue weighted by Gasteiger charge is 2.51. The fraction of sp³-hybridized carbons (Fsp3) is 0.541. The monoisotopic (exact) mass is 593 g/mol. The van der Waals surface area contributed by atoms with E-state index in [4.69, 9.17) is 4.74 Å². The van der Waals surface area contributed by atoms with Crippen LogP contribution in [0, 0.1) is 30.1 Å². The molecule has 2 aromatic carbocycles. The Hall–Kier alpha value is -3.45. The predicted molar refractivity (Wildman–Crippen MR) is 175 cm³/mol. The van der Waals surface area contributed by atoms with Crippen LogP contribution < -0.4 is 9.64 Å². The van der Waals surface area contributed by atoms with Gasteiger partial charge in [-0.15, -0.1) is 10.2 Å². The van der Waals surface area contributed by atoms with E-state index in [1.54, 1.807) is 0 Å². The van der Waals surface area contributed by atoms with Gasteiger partial charge in [-0.05, 0) is 122 Å². The summed E-state index contributed by atoms with van der Waals surface area (Å²) in [4.78, 5) is 20.1. The Kier molecular flexibility index (Phi) is 8.08. The van der Waals surface area contributed by atoms with Crippen LogP contribution in [0.25, 0.3) is 11.1 Å². The maximum Gasteiger partial charge on any atom is 0.274 e. The quantitative estimate of drug-likeness (QED) is 0.284. The number of benzene rings is 2. The number of ether oxygens (including phenoxy) is 1. The van der Waals surface area contributed by atoms with Crippen LogP contribution in [0.5, 0.6) is 5.75 Å². The molecule has 1 amide bonds. The number of anilines is 1. The van der Waals surface area contributed by atoms with E-state index in [2.05, 4.69) is 63.3 Å². The second kappa shape index (κ2) is 12.2. The number of amides is 1. The number of piperazine rings is 1. The lowest BCUT2D eigenvalue weighted by Gasteiger charge is -2.57. The molecule has 8 rings (SSSR count). The molecule has 7 heteroatoms. The molecular formula is C37H47N5O2.